The summed E-state index contributed by atoms with van der Waals surface area (Å²) in [6, 6.07) is 0. The van der Waals surface area contributed by atoms with E-state index in [4.69, 9.17) is 0 Å². The Morgan fingerprint density at radius 1 is 1.86 bits per heavy atom. The van der Waals surface area contributed by atoms with E-state index in [1.165, 1.54) is 6.47 Å². The number of hydrogen-bond acceptors (Lipinski definition) is 3. The maximum atomic E-state index is 9.27. The van der Waals surface area contributed by atoms with Gasteiger partial charge in [-0.1, -0.05) is 0 Å². The van der Waals surface area contributed by atoms with Crippen LogP contribution in [-0.4, -0.2) is 26.3 Å². The van der Waals surface area contributed by atoms with Crippen molar-refractivity contribution in [3.8, 4) is 0 Å². The Bertz CT molecular complexity index is 54.7. The van der Waals surface area contributed by atoms with Gasteiger partial charge in [-0.05, 0) is 6.72 Å². The molecule has 3 heteroatoms. The number of aliphatic imine (C=N–C) groups is 1. The molecule has 0 fully saturated rings. The van der Waals surface area contributed by atoms with E-state index in [-0.39, 0.29) is 6.61 Å². The molecule has 0 aliphatic rings. The maximum Gasteiger partial charge on any atom is 0.417 e. The van der Waals surface area contributed by atoms with Crippen molar-refractivity contribution in [1.82, 2.24) is 0 Å². The lowest BCUT2D eigenvalue weighted by atomic mass is 10.7. The summed E-state index contributed by atoms with van der Waals surface area (Å²) in [4.78, 5) is 12.7. The van der Waals surface area contributed by atoms with Gasteiger partial charge in [0.25, 0.3) is 0 Å². The minimum atomic E-state index is 0.285. The van der Waals surface area contributed by atoms with Crippen LogP contribution >= 0.6 is 0 Å². The predicted molar refractivity (Wildman–Crippen MR) is 26.1 cm³/mol. The molecule has 0 aromatic rings. The van der Waals surface area contributed by atoms with Crippen LogP contribution < -0.4 is 0 Å². The molecule has 0 aliphatic carbocycles. The van der Waals surface area contributed by atoms with Gasteiger partial charge in [0.05, 0.1) is 6.54 Å². The molecule has 3 nitrogen and oxygen atoms in total. The van der Waals surface area contributed by atoms with Gasteiger partial charge in [0, 0.05) is 0 Å². The number of carbonyl (C=O) groups excluding carboxylic acids is 1. The average Bonchev–Trinajstić information content (AvgIpc) is 1.69. The van der Waals surface area contributed by atoms with E-state index in [1.807, 2.05) is 0 Å². The van der Waals surface area contributed by atoms with Crippen molar-refractivity contribution in [2.45, 2.75) is 0 Å². The fraction of sp³-hybridized carbons (Fsp3) is 0.500. The minimum absolute atomic E-state index is 0.285. The van der Waals surface area contributed by atoms with Crippen molar-refractivity contribution >= 4 is 13.2 Å². The van der Waals surface area contributed by atoms with E-state index in [9.17, 15) is 4.79 Å². The van der Waals surface area contributed by atoms with Crippen molar-refractivity contribution in [3.63, 3.8) is 0 Å². The van der Waals surface area contributed by atoms with Crippen LogP contribution in [0, 0.1) is 0 Å². The first kappa shape index (κ1) is 6.14. The lowest BCUT2D eigenvalue weighted by Gasteiger charge is -1.86. The Morgan fingerprint density at radius 2 is 2.57 bits per heavy atom. The molecule has 0 N–H and O–H groups in total. The number of nitrogens with zero attached hydrogens (tertiary/aromatic N) is 1. The van der Waals surface area contributed by atoms with Gasteiger partial charge in [-0.15, -0.1) is 0 Å². The molecular weight excluding hydrogens is 94.0 g/mol. The lowest BCUT2D eigenvalue weighted by molar-refractivity contribution is 0.287. The molecular formula is C4H6NO2. The molecule has 0 saturated heterocycles. The fourth-order valence-electron chi connectivity index (χ4n) is 0.152. The summed E-state index contributed by atoms with van der Waals surface area (Å²) in [6.07, 6.45) is 0. The lowest BCUT2D eigenvalue weighted by Crippen LogP contribution is -1.93. The first-order valence-corrected chi connectivity index (χ1v) is 1.83. The molecule has 0 atom stereocenters. The van der Waals surface area contributed by atoms with Crippen LogP contribution in [0.15, 0.2) is 4.99 Å². The molecule has 0 aromatic carbocycles. The largest absolute Gasteiger partial charge is 0.455 e. The molecule has 0 bridgehead atoms. The summed E-state index contributed by atoms with van der Waals surface area (Å²) in [5, 5.41) is 0. The van der Waals surface area contributed by atoms with Crippen LogP contribution in [0.1, 0.15) is 0 Å². The Kier molecular flexibility index (Phi) is 4.51. The SMILES string of the molecule is C=NCCO[C]=O. The van der Waals surface area contributed by atoms with Gasteiger partial charge in [-0.2, -0.15) is 0 Å². The Balaban J connectivity index is 2.68. The highest BCUT2D eigenvalue weighted by Gasteiger charge is 1.77. The molecule has 0 heterocycles. The number of hydrogen-bond donors (Lipinski definition) is 0. The third-order valence-electron chi connectivity index (χ3n) is 0.410. The standard InChI is InChI=1S/C4H6NO2/c1-5-2-3-7-4-6/h1-3H2. The van der Waals surface area contributed by atoms with Crippen LogP contribution in [-0.2, 0) is 9.53 Å². The summed E-state index contributed by atoms with van der Waals surface area (Å²) in [6.45, 7) is 5.18. The van der Waals surface area contributed by atoms with E-state index in [0.717, 1.165) is 0 Å². The minimum Gasteiger partial charge on any atom is -0.455 e. The van der Waals surface area contributed by atoms with Crippen LogP contribution in [0.3, 0.4) is 0 Å². The highest BCUT2D eigenvalue weighted by molar-refractivity contribution is 5.38. The van der Waals surface area contributed by atoms with Crippen molar-refractivity contribution in [3.05, 3.63) is 0 Å². The quantitative estimate of drug-likeness (QED) is 0.361. The zero-order valence-corrected chi connectivity index (χ0v) is 3.89. The molecule has 0 saturated carbocycles. The highest BCUT2D eigenvalue weighted by atomic mass is 16.5. The monoisotopic (exact) mass is 100 g/mol. The summed E-state index contributed by atoms with van der Waals surface area (Å²) in [5.74, 6) is 0. The van der Waals surface area contributed by atoms with E-state index >= 15 is 0 Å². The second kappa shape index (κ2) is 5.14. The van der Waals surface area contributed by atoms with E-state index in [2.05, 4.69) is 16.4 Å². The van der Waals surface area contributed by atoms with Gasteiger partial charge in [-0.25, -0.2) is 4.79 Å². The molecule has 0 unspecified atom stereocenters. The van der Waals surface area contributed by atoms with E-state index in [1.54, 1.807) is 0 Å². The first-order valence-electron chi connectivity index (χ1n) is 1.83. The molecule has 0 rings (SSSR count). The van der Waals surface area contributed by atoms with Gasteiger partial charge in [0.2, 0.25) is 0 Å². The van der Waals surface area contributed by atoms with Gasteiger partial charge in [0.1, 0.15) is 6.61 Å². The molecule has 1 radical (unpaired) electrons. The van der Waals surface area contributed by atoms with Crippen LogP contribution in [0.4, 0.5) is 0 Å². The summed E-state index contributed by atoms with van der Waals surface area (Å²) in [7, 11) is 0. The second-order valence-corrected chi connectivity index (χ2v) is 0.879. The zero-order valence-electron chi connectivity index (χ0n) is 3.89. The van der Waals surface area contributed by atoms with Gasteiger partial charge in [-0.3, -0.25) is 4.99 Å². The first-order chi connectivity index (χ1) is 3.41. The predicted octanol–water partition coefficient (Wildman–Crippen LogP) is -0.229. The zero-order chi connectivity index (χ0) is 5.54. The van der Waals surface area contributed by atoms with Crippen molar-refractivity contribution in [1.29, 1.82) is 0 Å². The van der Waals surface area contributed by atoms with E-state index < -0.39 is 0 Å². The number of rotatable bonds is 4. The summed E-state index contributed by atoms with van der Waals surface area (Å²) >= 11 is 0. The third-order valence-corrected chi connectivity index (χ3v) is 0.410. The Hall–Kier alpha value is -0.860. The molecule has 0 aliphatic heterocycles. The van der Waals surface area contributed by atoms with Crippen LogP contribution in [0.2, 0.25) is 0 Å². The third kappa shape index (κ3) is 5.14. The molecule has 7 heavy (non-hydrogen) atoms. The van der Waals surface area contributed by atoms with Crippen molar-refractivity contribution in [2.75, 3.05) is 13.2 Å². The van der Waals surface area contributed by atoms with Gasteiger partial charge >= 0.3 is 6.47 Å². The fourth-order valence-corrected chi connectivity index (χ4v) is 0.152. The van der Waals surface area contributed by atoms with Crippen LogP contribution in [0.5, 0.6) is 0 Å². The summed E-state index contributed by atoms with van der Waals surface area (Å²) < 4.78 is 4.13. The molecule has 39 valence electrons. The Morgan fingerprint density at radius 3 is 3.00 bits per heavy atom. The molecule has 0 spiro atoms. The van der Waals surface area contributed by atoms with Crippen molar-refractivity contribution in [2.24, 2.45) is 4.99 Å². The second-order valence-electron chi connectivity index (χ2n) is 0.879. The molecule has 0 amide bonds. The summed E-state index contributed by atoms with van der Waals surface area (Å²) in [5.41, 5.74) is 0. The maximum absolute atomic E-state index is 9.27. The van der Waals surface area contributed by atoms with Gasteiger partial charge in [0.15, 0.2) is 0 Å². The topological polar surface area (TPSA) is 38.7 Å². The van der Waals surface area contributed by atoms with Crippen molar-refractivity contribution < 1.29 is 9.53 Å². The average molecular weight is 100 g/mol. The van der Waals surface area contributed by atoms with Gasteiger partial charge < -0.3 is 4.74 Å². The highest BCUT2D eigenvalue weighted by Crippen LogP contribution is 1.66. The Labute approximate surface area is 42.0 Å². The number of ether oxygens (including phenoxy) is 1. The molecule has 0 aromatic heterocycles. The van der Waals surface area contributed by atoms with E-state index in [0.29, 0.717) is 6.54 Å². The normalized spacial score (nSPS) is 7.43. The van der Waals surface area contributed by atoms with Crippen LogP contribution in [0.25, 0.3) is 0 Å². The smallest absolute Gasteiger partial charge is 0.417 e.